The van der Waals surface area contributed by atoms with Gasteiger partial charge in [-0.05, 0) is 32.3 Å². The van der Waals surface area contributed by atoms with Crippen LogP contribution in [-0.2, 0) is 9.47 Å². The second-order valence-corrected chi connectivity index (χ2v) is 7.03. The maximum atomic E-state index is 5.94. The maximum absolute atomic E-state index is 5.94. The standard InChI is InChI=1S/C18H29BrN2O4/c1-20-5-9-22-13-14-23-10-6-21(2)8-12-25-18-15-16(19)3-4-17(18)24-11-7-20/h3-4,15H,5-14H2,1-2H3. The van der Waals surface area contributed by atoms with E-state index in [1.807, 2.05) is 18.2 Å². The number of likely N-dealkylation sites (N-methyl/N-ethyl adjacent to an activating group) is 2. The Morgan fingerprint density at radius 2 is 1.24 bits per heavy atom. The summed E-state index contributed by atoms with van der Waals surface area (Å²) in [5.41, 5.74) is 0. The summed E-state index contributed by atoms with van der Waals surface area (Å²) >= 11 is 3.49. The smallest absolute Gasteiger partial charge is 0.162 e. The molecule has 0 spiro atoms. The molecule has 7 heteroatoms. The lowest BCUT2D eigenvalue weighted by Gasteiger charge is -2.20. The minimum absolute atomic E-state index is 0.603. The van der Waals surface area contributed by atoms with Crippen molar-refractivity contribution in [3.63, 3.8) is 0 Å². The summed E-state index contributed by atoms with van der Waals surface area (Å²) in [6, 6.07) is 5.86. The van der Waals surface area contributed by atoms with Gasteiger partial charge < -0.3 is 28.7 Å². The molecule has 0 aliphatic carbocycles. The van der Waals surface area contributed by atoms with E-state index in [0.717, 1.165) is 42.2 Å². The second-order valence-electron chi connectivity index (χ2n) is 6.12. The number of rotatable bonds is 0. The minimum atomic E-state index is 0.603. The van der Waals surface area contributed by atoms with Crippen LogP contribution in [0.5, 0.6) is 11.5 Å². The zero-order valence-electron chi connectivity index (χ0n) is 15.2. The average molecular weight is 417 g/mol. The van der Waals surface area contributed by atoms with Crippen molar-refractivity contribution in [2.75, 3.05) is 79.9 Å². The van der Waals surface area contributed by atoms with Crippen molar-refractivity contribution in [3.8, 4) is 11.5 Å². The van der Waals surface area contributed by atoms with Gasteiger partial charge >= 0.3 is 0 Å². The van der Waals surface area contributed by atoms with Crippen molar-refractivity contribution in [3.05, 3.63) is 22.7 Å². The molecule has 0 N–H and O–H groups in total. The van der Waals surface area contributed by atoms with Gasteiger partial charge in [-0.3, -0.25) is 0 Å². The van der Waals surface area contributed by atoms with Crippen molar-refractivity contribution >= 4 is 15.9 Å². The number of fused-ring (bicyclic) bond motifs is 1. The van der Waals surface area contributed by atoms with Gasteiger partial charge in [0.1, 0.15) is 13.2 Å². The summed E-state index contributed by atoms with van der Waals surface area (Å²) in [5.74, 6) is 1.55. The fourth-order valence-electron chi connectivity index (χ4n) is 2.32. The van der Waals surface area contributed by atoms with Crippen LogP contribution in [0.3, 0.4) is 0 Å². The molecule has 2 rings (SSSR count). The maximum Gasteiger partial charge on any atom is 0.162 e. The van der Waals surface area contributed by atoms with E-state index in [4.69, 9.17) is 18.9 Å². The molecule has 0 unspecified atom stereocenters. The molecule has 25 heavy (non-hydrogen) atoms. The predicted molar refractivity (Wildman–Crippen MR) is 102 cm³/mol. The third-order valence-corrected chi connectivity index (χ3v) is 4.47. The molecular formula is C18H29BrN2O4. The van der Waals surface area contributed by atoms with Gasteiger partial charge in [0.15, 0.2) is 11.5 Å². The molecule has 1 aliphatic heterocycles. The van der Waals surface area contributed by atoms with E-state index in [0.29, 0.717) is 39.6 Å². The lowest BCUT2D eigenvalue weighted by molar-refractivity contribution is 0.0330. The highest BCUT2D eigenvalue weighted by Crippen LogP contribution is 2.30. The third kappa shape index (κ3) is 8.37. The van der Waals surface area contributed by atoms with Crippen LogP contribution in [0.25, 0.3) is 0 Å². The van der Waals surface area contributed by atoms with Crippen molar-refractivity contribution < 1.29 is 18.9 Å². The predicted octanol–water partition coefficient (Wildman–Crippen LogP) is 2.12. The van der Waals surface area contributed by atoms with Gasteiger partial charge in [0.25, 0.3) is 0 Å². The number of nitrogens with zero attached hydrogens (tertiary/aromatic N) is 2. The SMILES string of the molecule is CN1CCOCCOCCN(C)CCOc2cc(Br)ccc2OCC1. The van der Waals surface area contributed by atoms with Crippen LogP contribution < -0.4 is 9.47 Å². The molecule has 1 aromatic carbocycles. The van der Waals surface area contributed by atoms with Crippen molar-refractivity contribution in [1.29, 1.82) is 0 Å². The van der Waals surface area contributed by atoms with Gasteiger partial charge in [-0.15, -0.1) is 0 Å². The lowest BCUT2D eigenvalue weighted by Crippen LogP contribution is -2.29. The first kappa shape index (κ1) is 20.5. The van der Waals surface area contributed by atoms with E-state index in [2.05, 4.69) is 39.8 Å². The molecule has 0 saturated carbocycles. The van der Waals surface area contributed by atoms with Crippen LogP contribution in [0.15, 0.2) is 22.7 Å². The number of halogens is 1. The molecule has 142 valence electrons. The Morgan fingerprint density at radius 3 is 1.84 bits per heavy atom. The Hall–Kier alpha value is -0.860. The Balaban J connectivity index is 1.93. The van der Waals surface area contributed by atoms with E-state index >= 15 is 0 Å². The van der Waals surface area contributed by atoms with E-state index in [1.54, 1.807) is 0 Å². The number of benzene rings is 1. The molecule has 0 bridgehead atoms. The van der Waals surface area contributed by atoms with Gasteiger partial charge in [-0.1, -0.05) is 15.9 Å². The molecule has 0 atom stereocenters. The fraction of sp³-hybridized carbons (Fsp3) is 0.667. The summed E-state index contributed by atoms with van der Waals surface area (Å²) in [5, 5.41) is 0. The normalized spacial score (nSPS) is 20.6. The van der Waals surface area contributed by atoms with E-state index in [9.17, 15) is 0 Å². The van der Waals surface area contributed by atoms with Crippen LogP contribution in [-0.4, -0.2) is 89.7 Å². The van der Waals surface area contributed by atoms with Gasteiger partial charge in [0.2, 0.25) is 0 Å². The molecule has 0 amide bonds. The monoisotopic (exact) mass is 416 g/mol. The molecule has 0 radical (unpaired) electrons. The minimum Gasteiger partial charge on any atom is -0.488 e. The van der Waals surface area contributed by atoms with Gasteiger partial charge in [-0.2, -0.15) is 0 Å². The van der Waals surface area contributed by atoms with E-state index < -0.39 is 0 Å². The first-order chi connectivity index (χ1) is 12.1. The highest BCUT2D eigenvalue weighted by Gasteiger charge is 2.08. The quantitative estimate of drug-likeness (QED) is 0.645. The largest absolute Gasteiger partial charge is 0.488 e. The number of hydrogen-bond acceptors (Lipinski definition) is 6. The molecule has 1 aliphatic rings. The van der Waals surface area contributed by atoms with Gasteiger partial charge in [0.05, 0.1) is 26.4 Å². The molecule has 0 fully saturated rings. The van der Waals surface area contributed by atoms with Crippen molar-refractivity contribution in [2.24, 2.45) is 0 Å². The first-order valence-electron chi connectivity index (χ1n) is 8.73. The van der Waals surface area contributed by atoms with Gasteiger partial charge in [-0.25, -0.2) is 0 Å². The Morgan fingerprint density at radius 1 is 0.720 bits per heavy atom. The highest BCUT2D eigenvalue weighted by molar-refractivity contribution is 9.10. The number of ether oxygens (including phenoxy) is 4. The van der Waals surface area contributed by atoms with Crippen LogP contribution in [0.4, 0.5) is 0 Å². The van der Waals surface area contributed by atoms with Gasteiger partial charge in [0, 0.05) is 30.7 Å². The Bertz CT molecular complexity index is 504. The lowest BCUT2D eigenvalue weighted by atomic mass is 10.3. The van der Waals surface area contributed by atoms with Crippen LogP contribution in [0.2, 0.25) is 0 Å². The Kier molecular flexibility index (Phi) is 9.57. The third-order valence-electron chi connectivity index (χ3n) is 3.97. The summed E-state index contributed by atoms with van der Waals surface area (Å²) < 4.78 is 24.0. The topological polar surface area (TPSA) is 43.4 Å². The van der Waals surface area contributed by atoms with Crippen LogP contribution in [0, 0.1) is 0 Å². The fourth-order valence-corrected chi connectivity index (χ4v) is 2.66. The Labute approximate surface area is 159 Å². The molecule has 0 saturated heterocycles. The van der Waals surface area contributed by atoms with E-state index in [1.165, 1.54) is 0 Å². The highest BCUT2D eigenvalue weighted by atomic mass is 79.9. The zero-order valence-corrected chi connectivity index (χ0v) is 16.8. The zero-order chi connectivity index (χ0) is 17.9. The summed E-state index contributed by atoms with van der Waals surface area (Å²) in [7, 11) is 4.13. The van der Waals surface area contributed by atoms with Crippen LogP contribution in [0.1, 0.15) is 0 Å². The first-order valence-corrected chi connectivity index (χ1v) is 9.52. The molecule has 1 heterocycles. The summed E-state index contributed by atoms with van der Waals surface area (Å²) in [6.07, 6.45) is 0. The van der Waals surface area contributed by atoms with Crippen molar-refractivity contribution in [1.82, 2.24) is 9.80 Å². The summed E-state index contributed by atoms with van der Waals surface area (Å²) in [6.45, 7) is 7.29. The molecule has 0 aromatic heterocycles. The van der Waals surface area contributed by atoms with E-state index in [-0.39, 0.29) is 0 Å². The van der Waals surface area contributed by atoms with Crippen LogP contribution >= 0.6 is 15.9 Å². The van der Waals surface area contributed by atoms with Crippen molar-refractivity contribution in [2.45, 2.75) is 0 Å². The summed E-state index contributed by atoms with van der Waals surface area (Å²) in [4.78, 5) is 4.38. The molecule has 6 nitrogen and oxygen atoms in total. The number of hydrogen-bond donors (Lipinski definition) is 0. The second kappa shape index (κ2) is 11.7. The molecular weight excluding hydrogens is 388 g/mol. The average Bonchev–Trinajstić information content (AvgIpc) is 2.58. The molecule has 1 aromatic rings.